The van der Waals surface area contributed by atoms with Gasteiger partial charge in [-0.15, -0.1) is 0 Å². The summed E-state index contributed by atoms with van der Waals surface area (Å²) in [6, 6.07) is 5.52. The van der Waals surface area contributed by atoms with Gasteiger partial charge < -0.3 is 35.1 Å². The zero-order chi connectivity index (χ0) is 24.0. The minimum atomic E-state index is -0.261. The number of aromatic nitrogens is 2. The van der Waals surface area contributed by atoms with E-state index in [4.69, 9.17) is 14.2 Å². The maximum absolute atomic E-state index is 12.6. The molecule has 0 bridgehead atoms. The number of aryl methyl sites for hydroxylation is 1. The molecule has 1 heterocycles. The molecule has 0 unspecified atom stereocenters. The van der Waals surface area contributed by atoms with Gasteiger partial charge in [0.15, 0.2) is 11.5 Å². The number of nitrogens with one attached hydrogen (secondary N) is 3. The molecular weight excluding hydrogens is 424 g/mol. The van der Waals surface area contributed by atoms with Gasteiger partial charge in [0, 0.05) is 44.4 Å². The number of carbonyl (C=O) groups is 1. The summed E-state index contributed by atoms with van der Waals surface area (Å²) in [4.78, 5) is 23.5. The molecule has 0 aliphatic heterocycles. The lowest BCUT2D eigenvalue weighted by molar-refractivity contribution is 0.243. The van der Waals surface area contributed by atoms with Crippen molar-refractivity contribution in [3.63, 3.8) is 0 Å². The molecule has 0 atom stereocenters. The quantitative estimate of drug-likeness (QED) is 0.552. The molecule has 33 heavy (non-hydrogen) atoms. The average molecular weight is 459 g/mol. The molecule has 2 aromatic rings. The third-order valence-corrected chi connectivity index (χ3v) is 5.62. The first-order valence-corrected chi connectivity index (χ1v) is 11.0. The number of rotatable bonds is 8. The molecule has 1 aliphatic carbocycles. The van der Waals surface area contributed by atoms with Crippen molar-refractivity contribution in [2.45, 2.75) is 44.7 Å². The smallest absolute Gasteiger partial charge is 0.319 e. The largest absolute Gasteiger partial charge is 0.493 e. The first kappa shape index (κ1) is 24.2. The van der Waals surface area contributed by atoms with Crippen molar-refractivity contribution in [2.75, 3.05) is 51.0 Å². The van der Waals surface area contributed by atoms with Crippen molar-refractivity contribution in [1.82, 2.24) is 15.3 Å². The van der Waals surface area contributed by atoms with Crippen LogP contribution in [-0.4, -0.2) is 63.5 Å². The summed E-state index contributed by atoms with van der Waals surface area (Å²) in [7, 11) is 8.55. The molecular formula is C23H34N6O4. The van der Waals surface area contributed by atoms with Crippen molar-refractivity contribution < 1.29 is 19.0 Å². The molecule has 1 fully saturated rings. The third kappa shape index (κ3) is 6.30. The molecule has 10 nitrogen and oxygen atoms in total. The molecule has 1 aliphatic rings. The number of nitrogens with zero attached hydrogens (tertiary/aromatic N) is 3. The molecule has 3 rings (SSSR count). The van der Waals surface area contributed by atoms with Gasteiger partial charge in [-0.25, -0.2) is 14.8 Å². The Morgan fingerprint density at radius 2 is 1.55 bits per heavy atom. The Hall–Kier alpha value is -3.43. The van der Waals surface area contributed by atoms with Gasteiger partial charge in [0.25, 0.3) is 0 Å². The average Bonchev–Trinajstić information content (AvgIpc) is 2.79. The van der Waals surface area contributed by atoms with Gasteiger partial charge in [-0.2, -0.15) is 0 Å². The predicted octanol–water partition coefficient (Wildman–Crippen LogP) is 3.42. The fourth-order valence-corrected chi connectivity index (χ4v) is 3.95. The fourth-order valence-electron chi connectivity index (χ4n) is 3.95. The topological polar surface area (TPSA) is 110 Å². The SMILES string of the molecule is COc1cc(NC(=O)NC2CCC(Nc3cc(N(C)C)nc(C)n3)CC2)cc(OC)c1OC. The zero-order valence-corrected chi connectivity index (χ0v) is 20.2. The normalized spacial score (nSPS) is 17.6. The number of benzene rings is 1. The van der Waals surface area contributed by atoms with E-state index in [0.717, 1.165) is 43.1 Å². The molecule has 0 saturated heterocycles. The summed E-state index contributed by atoms with van der Waals surface area (Å²) >= 11 is 0. The maximum Gasteiger partial charge on any atom is 0.319 e. The third-order valence-electron chi connectivity index (χ3n) is 5.62. The summed E-state index contributed by atoms with van der Waals surface area (Å²) in [6.07, 6.45) is 3.64. The first-order valence-electron chi connectivity index (χ1n) is 11.0. The second kappa shape index (κ2) is 10.9. The number of ether oxygens (including phenoxy) is 3. The van der Waals surface area contributed by atoms with Gasteiger partial charge in [-0.3, -0.25) is 0 Å². The molecule has 1 aromatic heterocycles. The number of hydrogen-bond acceptors (Lipinski definition) is 8. The van der Waals surface area contributed by atoms with E-state index in [0.29, 0.717) is 29.0 Å². The van der Waals surface area contributed by atoms with E-state index in [2.05, 4.69) is 25.9 Å². The van der Waals surface area contributed by atoms with Crippen molar-refractivity contribution in [2.24, 2.45) is 0 Å². The monoisotopic (exact) mass is 458 g/mol. The Morgan fingerprint density at radius 1 is 0.939 bits per heavy atom. The van der Waals surface area contributed by atoms with Crippen LogP contribution in [0.2, 0.25) is 0 Å². The highest BCUT2D eigenvalue weighted by atomic mass is 16.5. The number of carbonyl (C=O) groups excluding carboxylic acids is 1. The van der Waals surface area contributed by atoms with E-state index in [9.17, 15) is 4.79 Å². The summed E-state index contributed by atoms with van der Waals surface area (Å²) < 4.78 is 16.0. The van der Waals surface area contributed by atoms with E-state index in [1.165, 1.54) is 14.2 Å². The lowest BCUT2D eigenvalue weighted by Gasteiger charge is -2.30. The van der Waals surface area contributed by atoms with Crippen molar-refractivity contribution in [1.29, 1.82) is 0 Å². The lowest BCUT2D eigenvalue weighted by atomic mass is 9.91. The second-order valence-corrected chi connectivity index (χ2v) is 8.26. The minimum Gasteiger partial charge on any atom is -0.493 e. The molecule has 180 valence electrons. The van der Waals surface area contributed by atoms with Crippen molar-refractivity contribution in [3.05, 3.63) is 24.0 Å². The molecule has 1 saturated carbocycles. The number of hydrogen-bond donors (Lipinski definition) is 3. The van der Waals surface area contributed by atoms with Crippen LogP contribution in [0.15, 0.2) is 18.2 Å². The number of anilines is 3. The Morgan fingerprint density at radius 3 is 2.09 bits per heavy atom. The van der Waals surface area contributed by atoms with Crippen LogP contribution < -0.4 is 35.1 Å². The highest BCUT2D eigenvalue weighted by molar-refractivity contribution is 5.90. The minimum absolute atomic E-state index is 0.106. The Kier molecular flexibility index (Phi) is 8.02. The second-order valence-electron chi connectivity index (χ2n) is 8.26. The van der Waals surface area contributed by atoms with E-state index in [1.54, 1.807) is 19.2 Å². The Balaban J connectivity index is 1.53. The molecule has 10 heteroatoms. The molecule has 0 radical (unpaired) electrons. The van der Waals surface area contributed by atoms with E-state index in [1.807, 2.05) is 32.0 Å². The van der Waals surface area contributed by atoms with E-state index >= 15 is 0 Å². The van der Waals surface area contributed by atoms with Crippen LogP contribution in [0.1, 0.15) is 31.5 Å². The van der Waals surface area contributed by atoms with Crippen LogP contribution >= 0.6 is 0 Å². The highest BCUT2D eigenvalue weighted by Gasteiger charge is 2.23. The van der Waals surface area contributed by atoms with E-state index in [-0.39, 0.29) is 12.1 Å². The predicted molar refractivity (Wildman–Crippen MR) is 129 cm³/mol. The van der Waals surface area contributed by atoms with Crippen LogP contribution in [0.4, 0.5) is 22.1 Å². The van der Waals surface area contributed by atoms with Crippen LogP contribution in [0.25, 0.3) is 0 Å². The van der Waals surface area contributed by atoms with Gasteiger partial charge in [-0.05, 0) is 32.6 Å². The number of methoxy groups -OCH3 is 3. The number of amides is 2. The molecule has 1 aromatic carbocycles. The highest BCUT2D eigenvalue weighted by Crippen LogP contribution is 2.39. The van der Waals surface area contributed by atoms with Gasteiger partial charge in [0.05, 0.1) is 27.0 Å². The maximum atomic E-state index is 12.6. The van der Waals surface area contributed by atoms with Crippen molar-refractivity contribution >= 4 is 23.4 Å². The standard InChI is InChI=1S/C23H34N6O4/c1-14-24-20(13-21(25-14)29(2)3)26-15-7-9-16(10-8-15)27-23(30)28-17-11-18(31-4)22(33-6)19(12-17)32-5/h11-13,15-16H,7-10H2,1-6H3,(H,24,25,26)(H2,27,28,30). The summed E-state index contributed by atoms with van der Waals surface area (Å²) in [5.41, 5.74) is 0.563. The molecule has 3 N–H and O–H groups in total. The fraction of sp³-hybridized carbons (Fsp3) is 0.522. The van der Waals surface area contributed by atoms with Gasteiger partial charge in [0.2, 0.25) is 5.75 Å². The zero-order valence-electron chi connectivity index (χ0n) is 20.2. The molecule has 2 amide bonds. The van der Waals surface area contributed by atoms with Crippen LogP contribution in [0, 0.1) is 6.92 Å². The first-order chi connectivity index (χ1) is 15.8. The van der Waals surface area contributed by atoms with Crippen LogP contribution in [-0.2, 0) is 0 Å². The summed E-state index contributed by atoms with van der Waals surface area (Å²) in [5.74, 6) is 3.90. The van der Waals surface area contributed by atoms with Gasteiger partial charge in [-0.1, -0.05) is 0 Å². The summed E-state index contributed by atoms with van der Waals surface area (Å²) in [5, 5.41) is 9.45. The molecule has 0 spiro atoms. The van der Waals surface area contributed by atoms with Crippen LogP contribution in [0.5, 0.6) is 17.2 Å². The Bertz CT molecular complexity index is 935. The van der Waals surface area contributed by atoms with Crippen LogP contribution in [0.3, 0.4) is 0 Å². The van der Waals surface area contributed by atoms with Gasteiger partial charge in [0.1, 0.15) is 17.5 Å². The number of urea groups is 1. The van der Waals surface area contributed by atoms with Gasteiger partial charge >= 0.3 is 6.03 Å². The summed E-state index contributed by atoms with van der Waals surface area (Å²) in [6.45, 7) is 1.89. The van der Waals surface area contributed by atoms with E-state index < -0.39 is 0 Å². The lowest BCUT2D eigenvalue weighted by Crippen LogP contribution is -2.42. The Labute approximate surface area is 195 Å². The van der Waals surface area contributed by atoms with Crippen molar-refractivity contribution in [3.8, 4) is 17.2 Å².